The highest BCUT2D eigenvalue weighted by Gasteiger charge is 2.30. The lowest BCUT2D eigenvalue weighted by atomic mass is 10.2. The van der Waals surface area contributed by atoms with Gasteiger partial charge in [-0.15, -0.1) is 13.2 Å². The smallest absolute Gasteiger partial charge is 0.406 e. The SMILES string of the molecule is Cc1cc(C)n(-c2ccc(OC(F)(F)F)cc2)c1C. The molecular formula is C14H14F3NO. The molecule has 5 heteroatoms. The fraction of sp³-hybridized carbons (Fsp3) is 0.286. The lowest BCUT2D eigenvalue weighted by molar-refractivity contribution is -0.274. The number of benzene rings is 1. The number of nitrogens with zero attached hydrogens (tertiary/aromatic N) is 1. The Morgan fingerprint density at radius 3 is 2.00 bits per heavy atom. The molecule has 1 heterocycles. The third-order valence-electron chi connectivity index (χ3n) is 3.01. The fourth-order valence-corrected chi connectivity index (χ4v) is 2.12. The van der Waals surface area contributed by atoms with Crippen molar-refractivity contribution in [2.45, 2.75) is 27.1 Å². The summed E-state index contributed by atoms with van der Waals surface area (Å²) in [5.74, 6) is -0.213. The summed E-state index contributed by atoms with van der Waals surface area (Å²) >= 11 is 0. The van der Waals surface area contributed by atoms with Gasteiger partial charge in [0.15, 0.2) is 0 Å². The maximum atomic E-state index is 12.1. The Hall–Kier alpha value is -1.91. The monoisotopic (exact) mass is 269 g/mol. The van der Waals surface area contributed by atoms with Crippen LogP contribution in [0.4, 0.5) is 13.2 Å². The minimum atomic E-state index is -4.66. The van der Waals surface area contributed by atoms with Gasteiger partial charge in [-0.05, 0) is 56.7 Å². The first-order valence-electron chi connectivity index (χ1n) is 5.79. The van der Waals surface area contributed by atoms with Crippen LogP contribution in [-0.4, -0.2) is 10.9 Å². The van der Waals surface area contributed by atoms with Crippen LogP contribution in [0.3, 0.4) is 0 Å². The van der Waals surface area contributed by atoms with Crippen molar-refractivity contribution in [3.63, 3.8) is 0 Å². The van der Waals surface area contributed by atoms with Crippen molar-refractivity contribution in [2.75, 3.05) is 0 Å². The largest absolute Gasteiger partial charge is 0.573 e. The number of halogens is 3. The van der Waals surface area contributed by atoms with Crippen LogP contribution in [0.5, 0.6) is 5.75 Å². The van der Waals surface area contributed by atoms with E-state index < -0.39 is 6.36 Å². The van der Waals surface area contributed by atoms with Gasteiger partial charge in [0.05, 0.1) is 0 Å². The predicted octanol–water partition coefficient (Wildman–Crippen LogP) is 4.30. The Labute approximate surface area is 109 Å². The molecule has 0 saturated heterocycles. The highest BCUT2D eigenvalue weighted by Crippen LogP contribution is 2.25. The minimum absolute atomic E-state index is 0.213. The van der Waals surface area contributed by atoms with E-state index in [-0.39, 0.29) is 5.75 Å². The van der Waals surface area contributed by atoms with E-state index in [1.54, 1.807) is 12.1 Å². The molecule has 102 valence electrons. The molecule has 1 aromatic heterocycles. The van der Waals surface area contributed by atoms with E-state index in [0.29, 0.717) is 0 Å². The summed E-state index contributed by atoms with van der Waals surface area (Å²) in [7, 11) is 0. The number of alkyl halides is 3. The van der Waals surface area contributed by atoms with Crippen molar-refractivity contribution < 1.29 is 17.9 Å². The lowest BCUT2D eigenvalue weighted by Gasteiger charge is -2.12. The molecule has 0 atom stereocenters. The highest BCUT2D eigenvalue weighted by molar-refractivity contribution is 5.43. The Morgan fingerprint density at radius 1 is 1.00 bits per heavy atom. The van der Waals surface area contributed by atoms with Crippen molar-refractivity contribution in [3.8, 4) is 11.4 Å². The predicted molar refractivity (Wildman–Crippen MR) is 66.7 cm³/mol. The van der Waals surface area contributed by atoms with E-state index in [1.165, 1.54) is 12.1 Å². The standard InChI is InChI=1S/C14H14F3NO/c1-9-8-10(2)18(11(9)3)12-4-6-13(7-5-12)19-14(15,16)17/h4-8H,1-3H3. The van der Waals surface area contributed by atoms with Crippen LogP contribution in [0.25, 0.3) is 5.69 Å². The highest BCUT2D eigenvalue weighted by atomic mass is 19.4. The number of ether oxygens (including phenoxy) is 1. The van der Waals surface area contributed by atoms with E-state index in [2.05, 4.69) is 4.74 Å². The minimum Gasteiger partial charge on any atom is -0.406 e. The second-order valence-corrected chi connectivity index (χ2v) is 4.43. The van der Waals surface area contributed by atoms with Crippen molar-refractivity contribution >= 4 is 0 Å². The molecule has 2 nitrogen and oxygen atoms in total. The van der Waals surface area contributed by atoms with E-state index in [1.807, 2.05) is 31.4 Å². The molecule has 0 aliphatic rings. The summed E-state index contributed by atoms with van der Waals surface area (Å²) in [6.45, 7) is 5.93. The first-order chi connectivity index (χ1) is 8.78. The van der Waals surface area contributed by atoms with Gasteiger partial charge in [-0.1, -0.05) is 0 Å². The lowest BCUT2D eigenvalue weighted by Crippen LogP contribution is -2.17. The van der Waals surface area contributed by atoms with Gasteiger partial charge in [0.1, 0.15) is 5.75 Å². The molecule has 2 aromatic rings. The van der Waals surface area contributed by atoms with Gasteiger partial charge in [0.2, 0.25) is 0 Å². The quantitative estimate of drug-likeness (QED) is 0.792. The van der Waals surface area contributed by atoms with Crippen LogP contribution in [0.1, 0.15) is 17.0 Å². The second kappa shape index (κ2) is 4.64. The maximum Gasteiger partial charge on any atom is 0.573 e. The maximum absolute atomic E-state index is 12.1. The molecule has 0 amide bonds. The van der Waals surface area contributed by atoms with Crippen molar-refractivity contribution in [3.05, 3.63) is 47.3 Å². The summed E-state index contributed by atoms with van der Waals surface area (Å²) in [6.07, 6.45) is -4.66. The molecule has 0 bridgehead atoms. The number of rotatable bonds is 2. The Morgan fingerprint density at radius 2 is 1.58 bits per heavy atom. The number of aryl methyl sites for hydroxylation is 2. The average molecular weight is 269 g/mol. The number of hydrogen-bond acceptors (Lipinski definition) is 1. The van der Waals surface area contributed by atoms with Gasteiger partial charge in [0.25, 0.3) is 0 Å². The van der Waals surface area contributed by atoms with Gasteiger partial charge < -0.3 is 9.30 Å². The second-order valence-electron chi connectivity index (χ2n) is 4.43. The van der Waals surface area contributed by atoms with Crippen molar-refractivity contribution in [2.24, 2.45) is 0 Å². The van der Waals surface area contributed by atoms with Gasteiger partial charge in [0, 0.05) is 17.1 Å². The molecule has 0 unspecified atom stereocenters. The zero-order valence-corrected chi connectivity index (χ0v) is 10.9. The molecule has 2 rings (SSSR count). The summed E-state index contributed by atoms with van der Waals surface area (Å²) < 4.78 is 42.0. The van der Waals surface area contributed by atoms with Crippen LogP contribution in [0.2, 0.25) is 0 Å². The first kappa shape index (κ1) is 13.5. The normalized spacial score (nSPS) is 11.7. The molecule has 0 aliphatic carbocycles. The molecule has 0 aliphatic heterocycles. The van der Waals surface area contributed by atoms with Crippen LogP contribution in [0.15, 0.2) is 30.3 Å². The summed E-state index contributed by atoms with van der Waals surface area (Å²) in [6, 6.07) is 7.89. The van der Waals surface area contributed by atoms with Gasteiger partial charge in [-0.2, -0.15) is 0 Å². The van der Waals surface area contributed by atoms with Gasteiger partial charge in [-0.3, -0.25) is 0 Å². The van der Waals surface area contributed by atoms with Crippen molar-refractivity contribution in [1.29, 1.82) is 0 Å². The van der Waals surface area contributed by atoms with E-state index in [0.717, 1.165) is 22.6 Å². The Bertz CT molecular complexity index is 582. The summed E-state index contributed by atoms with van der Waals surface area (Å²) in [4.78, 5) is 0. The molecule has 19 heavy (non-hydrogen) atoms. The molecule has 0 saturated carbocycles. The molecular weight excluding hydrogens is 255 g/mol. The Balaban J connectivity index is 2.33. The van der Waals surface area contributed by atoms with Crippen LogP contribution in [-0.2, 0) is 0 Å². The topological polar surface area (TPSA) is 14.2 Å². The van der Waals surface area contributed by atoms with Gasteiger partial charge >= 0.3 is 6.36 Å². The Kier molecular flexibility index (Phi) is 3.30. The van der Waals surface area contributed by atoms with Crippen molar-refractivity contribution in [1.82, 2.24) is 4.57 Å². The first-order valence-corrected chi connectivity index (χ1v) is 5.79. The van der Waals surface area contributed by atoms with E-state index >= 15 is 0 Å². The van der Waals surface area contributed by atoms with Crippen LogP contribution < -0.4 is 4.74 Å². The zero-order valence-electron chi connectivity index (χ0n) is 10.9. The zero-order chi connectivity index (χ0) is 14.2. The third kappa shape index (κ3) is 2.92. The summed E-state index contributed by atoms with van der Waals surface area (Å²) in [5, 5.41) is 0. The van der Waals surface area contributed by atoms with E-state index in [9.17, 15) is 13.2 Å². The third-order valence-corrected chi connectivity index (χ3v) is 3.01. The number of aromatic nitrogens is 1. The molecule has 0 radical (unpaired) electrons. The van der Waals surface area contributed by atoms with Gasteiger partial charge in [-0.25, -0.2) is 0 Å². The van der Waals surface area contributed by atoms with Crippen LogP contribution >= 0.6 is 0 Å². The fourth-order valence-electron chi connectivity index (χ4n) is 2.12. The average Bonchev–Trinajstić information content (AvgIpc) is 2.53. The number of hydrogen-bond donors (Lipinski definition) is 0. The molecule has 0 spiro atoms. The molecule has 1 aromatic carbocycles. The summed E-state index contributed by atoms with van der Waals surface area (Å²) in [5.41, 5.74) is 4.08. The van der Waals surface area contributed by atoms with Crippen LogP contribution in [0, 0.1) is 20.8 Å². The van der Waals surface area contributed by atoms with E-state index in [4.69, 9.17) is 0 Å². The molecule has 0 fully saturated rings. The molecule has 0 N–H and O–H groups in total.